The highest BCUT2D eigenvalue weighted by atomic mass is 79.9. The van der Waals surface area contributed by atoms with Crippen molar-refractivity contribution < 1.29 is 4.42 Å². The van der Waals surface area contributed by atoms with Crippen molar-refractivity contribution in [2.75, 3.05) is 5.32 Å². The molecule has 0 aliphatic rings. The molecule has 20 heavy (non-hydrogen) atoms. The van der Waals surface area contributed by atoms with Gasteiger partial charge in [0.25, 0.3) is 0 Å². The molecule has 2 nitrogen and oxygen atoms in total. The molecule has 0 saturated carbocycles. The number of fused-ring (bicyclic) bond motifs is 1. The van der Waals surface area contributed by atoms with Gasteiger partial charge in [-0.15, -0.1) is 0 Å². The highest BCUT2D eigenvalue weighted by Gasteiger charge is 2.11. The summed E-state index contributed by atoms with van der Waals surface area (Å²) < 4.78 is 6.39. The molecule has 0 atom stereocenters. The molecule has 0 amide bonds. The zero-order valence-corrected chi connectivity index (χ0v) is 13.4. The van der Waals surface area contributed by atoms with Crippen molar-refractivity contribution in [3.05, 3.63) is 62.7 Å². The third-order valence-corrected chi connectivity index (χ3v) is 4.58. The number of furan rings is 1. The van der Waals surface area contributed by atoms with Crippen molar-refractivity contribution in [2.24, 2.45) is 0 Å². The molecular weight excluding hydrogens is 361 g/mol. The third-order valence-electron chi connectivity index (χ3n) is 3.04. The van der Waals surface area contributed by atoms with Crippen molar-refractivity contribution in [3.63, 3.8) is 0 Å². The molecule has 0 fully saturated rings. The van der Waals surface area contributed by atoms with Crippen LogP contribution in [0.1, 0.15) is 5.56 Å². The van der Waals surface area contributed by atoms with Gasteiger partial charge < -0.3 is 9.73 Å². The van der Waals surface area contributed by atoms with Crippen LogP contribution in [0.3, 0.4) is 0 Å². The molecule has 1 N–H and O–H groups in total. The van der Waals surface area contributed by atoms with E-state index >= 15 is 0 Å². The molecule has 0 radical (unpaired) electrons. The molecule has 5 heteroatoms. The summed E-state index contributed by atoms with van der Waals surface area (Å²) in [4.78, 5) is 0. The average molecular weight is 371 g/mol. The molecule has 1 aromatic heterocycles. The Morgan fingerprint density at radius 1 is 1.10 bits per heavy atom. The van der Waals surface area contributed by atoms with Gasteiger partial charge in [-0.2, -0.15) is 0 Å². The highest BCUT2D eigenvalue weighted by molar-refractivity contribution is 9.10. The number of halogens is 3. The molecule has 1 heterocycles. The van der Waals surface area contributed by atoms with E-state index in [4.69, 9.17) is 27.6 Å². The number of hydrogen-bond acceptors (Lipinski definition) is 2. The van der Waals surface area contributed by atoms with Crippen LogP contribution >= 0.6 is 39.1 Å². The van der Waals surface area contributed by atoms with Gasteiger partial charge in [-0.25, -0.2) is 0 Å². The van der Waals surface area contributed by atoms with E-state index < -0.39 is 0 Å². The van der Waals surface area contributed by atoms with E-state index in [0.717, 1.165) is 26.7 Å². The monoisotopic (exact) mass is 369 g/mol. The van der Waals surface area contributed by atoms with Crippen molar-refractivity contribution in [1.82, 2.24) is 0 Å². The second kappa shape index (κ2) is 5.68. The summed E-state index contributed by atoms with van der Waals surface area (Å²) in [5.74, 6) is 0. The van der Waals surface area contributed by atoms with E-state index in [0.29, 0.717) is 16.8 Å². The summed E-state index contributed by atoms with van der Waals surface area (Å²) in [6.45, 7) is 0.577. The normalized spacial score (nSPS) is 10.9. The Labute approximate surface area is 134 Å². The summed E-state index contributed by atoms with van der Waals surface area (Å²) in [6.07, 6.45) is 0. The van der Waals surface area contributed by atoms with Gasteiger partial charge in [0.2, 0.25) is 0 Å². The van der Waals surface area contributed by atoms with E-state index in [9.17, 15) is 0 Å². The van der Waals surface area contributed by atoms with Crippen LogP contribution in [-0.4, -0.2) is 0 Å². The summed E-state index contributed by atoms with van der Waals surface area (Å²) in [6, 6.07) is 13.5. The Morgan fingerprint density at radius 2 is 1.90 bits per heavy atom. The second-order valence-electron chi connectivity index (χ2n) is 4.33. The maximum absolute atomic E-state index is 6.15. The standard InChI is InChI=1S/C15H10BrCl2NO/c16-12-6-5-9(7-13(12)17)19-8-11-10-3-1-2-4-14(10)20-15(11)18/h1-7,19H,8H2. The molecule has 0 bridgehead atoms. The van der Waals surface area contributed by atoms with Gasteiger partial charge in [0.15, 0.2) is 5.22 Å². The minimum absolute atomic E-state index is 0.418. The van der Waals surface area contributed by atoms with Crippen molar-refractivity contribution in [3.8, 4) is 0 Å². The van der Waals surface area contributed by atoms with E-state index in [1.54, 1.807) is 0 Å². The van der Waals surface area contributed by atoms with E-state index in [1.807, 2.05) is 42.5 Å². The molecule has 2 aromatic carbocycles. The molecule has 102 valence electrons. The fraction of sp³-hybridized carbons (Fsp3) is 0.0667. The maximum Gasteiger partial charge on any atom is 0.199 e. The fourth-order valence-electron chi connectivity index (χ4n) is 2.03. The zero-order chi connectivity index (χ0) is 14.1. The lowest BCUT2D eigenvalue weighted by Crippen LogP contribution is -1.99. The van der Waals surface area contributed by atoms with Crippen molar-refractivity contribution >= 4 is 55.8 Å². The number of anilines is 1. The Balaban J connectivity index is 1.86. The van der Waals surface area contributed by atoms with E-state index in [1.165, 1.54) is 0 Å². The zero-order valence-electron chi connectivity index (χ0n) is 10.3. The third kappa shape index (κ3) is 2.66. The minimum Gasteiger partial charge on any atom is -0.444 e. The van der Waals surface area contributed by atoms with Gasteiger partial charge in [0.05, 0.1) is 5.02 Å². The second-order valence-corrected chi connectivity index (χ2v) is 5.94. The first-order valence-corrected chi connectivity index (χ1v) is 7.55. The molecule has 0 saturated heterocycles. The number of hydrogen-bond donors (Lipinski definition) is 1. The first kappa shape index (κ1) is 13.8. The van der Waals surface area contributed by atoms with E-state index in [-0.39, 0.29) is 0 Å². The lowest BCUT2D eigenvalue weighted by atomic mass is 10.2. The maximum atomic E-state index is 6.15. The van der Waals surface area contributed by atoms with Crippen LogP contribution < -0.4 is 5.32 Å². The Morgan fingerprint density at radius 3 is 2.70 bits per heavy atom. The number of para-hydroxylation sites is 1. The van der Waals surface area contributed by atoms with Crippen LogP contribution in [0.15, 0.2) is 51.4 Å². The fourth-order valence-corrected chi connectivity index (χ4v) is 2.71. The summed E-state index contributed by atoms with van der Waals surface area (Å²) in [7, 11) is 0. The Kier molecular flexibility index (Phi) is 3.92. The molecule has 3 rings (SSSR count). The molecule has 0 aliphatic carbocycles. The first-order chi connectivity index (χ1) is 9.65. The van der Waals surface area contributed by atoms with Gasteiger partial charge in [0.1, 0.15) is 5.58 Å². The van der Waals surface area contributed by atoms with Crippen molar-refractivity contribution in [1.29, 1.82) is 0 Å². The summed E-state index contributed by atoms with van der Waals surface area (Å²) in [5.41, 5.74) is 2.67. The molecular formula is C15H10BrCl2NO. The lowest BCUT2D eigenvalue weighted by molar-refractivity contribution is 0.613. The van der Waals surface area contributed by atoms with Crippen LogP contribution in [0.2, 0.25) is 10.2 Å². The minimum atomic E-state index is 0.418. The number of rotatable bonds is 3. The van der Waals surface area contributed by atoms with Crippen LogP contribution in [0.25, 0.3) is 11.0 Å². The van der Waals surface area contributed by atoms with Crippen LogP contribution in [-0.2, 0) is 6.54 Å². The SMILES string of the molecule is Clc1cc(NCc2c(Cl)oc3ccccc23)ccc1Br. The Bertz CT molecular complexity index is 770. The lowest BCUT2D eigenvalue weighted by Gasteiger charge is -2.07. The number of benzene rings is 2. The summed E-state index contributed by atoms with van der Waals surface area (Å²) in [5, 5.41) is 5.40. The predicted molar refractivity (Wildman–Crippen MR) is 87.7 cm³/mol. The molecule has 0 spiro atoms. The number of nitrogens with one attached hydrogen (secondary N) is 1. The van der Waals surface area contributed by atoms with Gasteiger partial charge in [-0.1, -0.05) is 29.8 Å². The largest absolute Gasteiger partial charge is 0.444 e. The molecule has 0 unspecified atom stereocenters. The van der Waals surface area contributed by atoms with Crippen molar-refractivity contribution in [2.45, 2.75) is 6.54 Å². The molecule has 0 aliphatic heterocycles. The van der Waals surface area contributed by atoms with Crippen LogP contribution in [0, 0.1) is 0 Å². The van der Waals surface area contributed by atoms with Gasteiger partial charge in [-0.3, -0.25) is 0 Å². The molecule has 3 aromatic rings. The van der Waals surface area contributed by atoms with Crippen LogP contribution in [0.4, 0.5) is 5.69 Å². The predicted octanol–water partition coefficient (Wildman–Crippen LogP) is 6.11. The average Bonchev–Trinajstić information content (AvgIpc) is 2.76. The Hall–Kier alpha value is -1.16. The van der Waals surface area contributed by atoms with Gasteiger partial charge in [0, 0.05) is 27.7 Å². The summed E-state index contributed by atoms with van der Waals surface area (Å²) >= 11 is 15.6. The smallest absolute Gasteiger partial charge is 0.199 e. The quantitative estimate of drug-likeness (QED) is 0.601. The van der Waals surface area contributed by atoms with Gasteiger partial charge >= 0.3 is 0 Å². The van der Waals surface area contributed by atoms with Crippen LogP contribution in [0.5, 0.6) is 0 Å². The van der Waals surface area contributed by atoms with E-state index in [2.05, 4.69) is 21.2 Å². The highest BCUT2D eigenvalue weighted by Crippen LogP contribution is 2.31. The first-order valence-electron chi connectivity index (χ1n) is 6.00. The topological polar surface area (TPSA) is 25.2 Å². The van der Waals surface area contributed by atoms with Gasteiger partial charge in [-0.05, 0) is 51.8 Å².